The molecule has 6 heteroatoms. The third kappa shape index (κ3) is 4.07. The van der Waals surface area contributed by atoms with Crippen molar-refractivity contribution in [3.8, 4) is 0 Å². The lowest BCUT2D eigenvalue weighted by Crippen LogP contribution is -2.15. The van der Waals surface area contributed by atoms with E-state index in [0.717, 1.165) is 30.6 Å². The zero-order valence-corrected chi connectivity index (χ0v) is 16.1. The molecule has 1 amide bonds. The fraction of sp³-hybridized carbons (Fsp3) is 0.400. The van der Waals surface area contributed by atoms with Crippen LogP contribution in [0.15, 0.2) is 22.6 Å². The van der Waals surface area contributed by atoms with Gasteiger partial charge in [-0.05, 0) is 62.8 Å². The predicted molar refractivity (Wildman–Crippen MR) is 103 cm³/mol. The number of thiophene rings is 1. The van der Waals surface area contributed by atoms with E-state index in [1.807, 2.05) is 13.0 Å². The number of rotatable bonds is 5. The summed E-state index contributed by atoms with van der Waals surface area (Å²) in [5.74, 6) is 1.33. The molecule has 0 bridgehead atoms. The van der Waals surface area contributed by atoms with E-state index >= 15 is 0 Å². The number of hydrogen-bond donors (Lipinski definition) is 1. The van der Waals surface area contributed by atoms with Crippen LogP contribution < -0.4 is 5.32 Å². The van der Waals surface area contributed by atoms with Gasteiger partial charge in [0.05, 0.1) is 12.2 Å². The summed E-state index contributed by atoms with van der Waals surface area (Å²) in [6, 6.07) is 3.64. The van der Waals surface area contributed by atoms with Gasteiger partial charge in [-0.15, -0.1) is 11.3 Å². The highest BCUT2D eigenvalue weighted by Gasteiger charge is 2.28. The molecule has 1 unspecified atom stereocenters. The normalized spacial score (nSPS) is 16.5. The number of furan rings is 1. The van der Waals surface area contributed by atoms with Gasteiger partial charge in [0.1, 0.15) is 16.5 Å². The standard InChI is InChI=1S/C20H23NO4S/c1-4-24-20(23)18-15-9-5-12(2)11-16(15)26-19(18)21-17(22)10-8-14-7-6-13(3)25-14/h6-8,10,12H,4-5,9,11H2,1-3H3,(H,21,22)/b10-8+. The van der Waals surface area contributed by atoms with Crippen LogP contribution in [0.2, 0.25) is 0 Å². The van der Waals surface area contributed by atoms with Crippen molar-refractivity contribution in [3.63, 3.8) is 0 Å². The summed E-state index contributed by atoms with van der Waals surface area (Å²) < 4.78 is 10.6. The molecule has 0 radical (unpaired) electrons. The van der Waals surface area contributed by atoms with Gasteiger partial charge in [-0.25, -0.2) is 4.79 Å². The van der Waals surface area contributed by atoms with Crippen LogP contribution in [0, 0.1) is 12.8 Å². The first kappa shape index (κ1) is 18.5. The molecule has 2 heterocycles. The lowest BCUT2D eigenvalue weighted by Gasteiger charge is -2.18. The van der Waals surface area contributed by atoms with Crippen LogP contribution >= 0.6 is 11.3 Å². The Labute approximate surface area is 157 Å². The number of amides is 1. The maximum absolute atomic E-state index is 12.4. The van der Waals surface area contributed by atoms with Crippen LogP contribution in [-0.2, 0) is 22.4 Å². The maximum Gasteiger partial charge on any atom is 0.341 e. The molecular weight excluding hydrogens is 350 g/mol. The molecule has 5 nitrogen and oxygen atoms in total. The van der Waals surface area contributed by atoms with Crippen LogP contribution in [0.5, 0.6) is 0 Å². The molecule has 0 spiro atoms. The average Bonchev–Trinajstić information content (AvgIpc) is 3.15. The fourth-order valence-corrected chi connectivity index (χ4v) is 4.51. The van der Waals surface area contributed by atoms with Crippen molar-refractivity contribution in [2.45, 2.75) is 40.0 Å². The highest BCUT2D eigenvalue weighted by molar-refractivity contribution is 7.17. The lowest BCUT2D eigenvalue weighted by molar-refractivity contribution is -0.111. The first-order valence-electron chi connectivity index (χ1n) is 8.85. The van der Waals surface area contributed by atoms with E-state index in [1.54, 1.807) is 19.1 Å². The van der Waals surface area contributed by atoms with Crippen molar-refractivity contribution < 1.29 is 18.7 Å². The summed E-state index contributed by atoms with van der Waals surface area (Å²) in [5, 5.41) is 3.43. The Kier molecular flexibility index (Phi) is 5.61. The first-order chi connectivity index (χ1) is 12.5. The molecule has 3 rings (SSSR count). The number of ether oxygens (including phenoxy) is 1. The fourth-order valence-electron chi connectivity index (χ4n) is 3.11. The third-order valence-electron chi connectivity index (χ3n) is 4.39. The quantitative estimate of drug-likeness (QED) is 0.614. The maximum atomic E-state index is 12.4. The predicted octanol–water partition coefficient (Wildman–Crippen LogP) is 4.60. The van der Waals surface area contributed by atoms with Gasteiger partial charge in [-0.1, -0.05) is 6.92 Å². The largest absolute Gasteiger partial charge is 0.462 e. The minimum Gasteiger partial charge on any atom is -0.462 e. The second kappa shape index (κ2) is 7.91. The van der Waals surface area contributed by atoms with Crippen molar-refractivity contribution >= 4 is 34.3 Å². The van der Waals surface area contributed by atoms with Crippen LogP contribution in [0.4, 0.5) is 5.00 Å². The van der Waals surface area contributed by atoms with Crippen LogP contribution in [-0.4, -0.2) is 18.5 Å². The molecule has 0 aliphatic heterocycles. The van der Waals surface area contributed by atoms with E-state index in [-0.39, 0.29) is 11.9 Å². The molecule has 0 fully saturated rings. The Morgan fingerprint density at radius 1 is 1.42 bits per heavy atom. The monoisotopic (exact) mass is 373 g/mol. The van der Waals surface area contributed by atoms with Crippen molar-refractivity contribution in [3.05, 3.63) is 45.7 Å². The van der Waals surface area contributed by atoms with E-state index in [0.29, 0.717) is 28.8 Å². The molecule has 0 saturated heterocycles. The van der Waals surface area contributed by atoms with Crippen LogP contribution in [0.3, 0.4) is 0 Å². The summed E-state index contributed by atoms with van der Waals surface area (Å²) in [7, 11) is 0. The SMILES string of the molecule is CCOC(=O)c1c(NC(=O)/C=C/c2ccc(C)o2)sc2c1CCC(C)C2. The summed E-state index contributed by atoms with van der Waals surface area (Å²) in [6.45, 7) is 6.15. The van der Waals surface area contributed by atoms with Gasteiger partial charge >= 0.3 is 5.97 Å². The zero-order valence-electron chi connectivity index (χ0n) is 15.3. The van der Waals surface area contributed by atoms with Gasteiger partial charge in [0, 0.05) is 11.0 Å². The molecule has 138 valence electrons. The number of carbonyl (C=O) groups excluding carboxylic acids is 2. The zero-order chi connectivity index (χ0) is 18.7. The molecule has 26 heavy (non-hydrogen) atoms. The summed E-state index contributed by atoms with van der Waals surface area (Å²) in [6.07, 6.45) is 5.85. The number of anilines is 1. The molecule has 2 aromatic rings. The van der Waals surface area contributed by atoms with E-state index in [4.69, 9.17) is 9.15 Å². The minimum absolute atomic E-state index is 0.295. The van der Waals surface area contributed by atoms with Crippen molar-refractivity contribution in [1.29, 1.82) is 0 Å². The second-order valence-electron chi connectivity index (χ2n) is 6.55. The number of nitrogens with one attached hydrogen (secondary N) is 1. The number of aryl methyl sites for hydroxylation is 1. The topological polar surface area (TPSA) is 68.5 Å². The lowest BCUT2D eigenvalue weighted by atomic mass is 9.88. The molecule has 1 atom stereocenters. The van der Waals surface area contributed by atoms with Crippen LogP contribution in [0.1, 0.15) is 52.6 Å². The van der Waals surface area contributed by atoms with Gasteiger partial charge in [-0.3, -0.25) is 4.79 Å². The number of carbonyl (C=O) groups is 2. The van der Waals surface area contributed by atoms with Gasteiger partial charge in [0.2, 0.25) is 5.91 Å². The molecular formula is C20H23NO4S. The van der Waals surface area contributed by atoms with Crippen molar-refractivity contribution in [2.75, 3.05) is 11.9 Å². The molecule has 2 aromatic heterocycles. The van der Waals surface area contributed by atoms with Gasteiger partial charge in [0.15, 0.2) is 0 Å². The van der Waals surface area contributed by atoms with E-state index in [2.05, 4.69) is 12.2 Å². The molecule has 1 aliphatic carbocycles. The number of esters is 1. The van der Waals surface area contributed by atoms with Gasteiger partial charge < -0.3 is 14.5 Å². The molecule has 1 N–H and O–H groups in total. The van der Waals surface area contributed by atoms with Crippen molar-refractivity contribution in [1.82, 2.24) is 0 Å². The Balaban J connectivity index is 1.83. The highest BCUT2D eigenvalue weighted by atomic mass is 32.1. The van der Waals surface area contributed by atoms with Crippen molar-refractivity contribution in [2.24, 2.45) is 5.92 Å². The second-order valence-corrected chi connectivity index (χ2v) is 7.65. The third-order valence-corrected chi connectivity index (χ3v) is 5.56. The van der Waals surface area contributed by atoms with E-state index < -0.39 is 0 Å². The number of fused-ring (bicyclic) bond motifs is 1. The average molecular weight is 373 g/mol. The molecule has 0 aromatic carbocycles. The van der Waals surface area contributed by atoms with E-state index in [9.17, 15) is 9.59 Å². The summed E-state index contributed by atoms with van der Waals surface area (Å²) in [4.78, 5) is 25.9. The summed E-state index contributed by atoms with van der Waals surface area (Å²) in [5.41, 5.74) is 1.56. The molecule has 1 aliphatic rings. The summed E-state index contributed by atoms with van der Waals surface area (Å²) >= 11 is 1.48. The Bertz CT molecular complexity index is 846. The number of hydrogen-bond acceptors (Lipinski definition) is 5. The smallest absolute Gasteiger partial charge is 0.341 e. The van der Waals surface area contributed by atoms with Gasteiger partial charge in [0.25, 0.3) is 0 Å². The van der Waals surface area contributed by atoms with E-state index in [1.165, 1.54) is 22.3 Å². The Morgan fingerprint density at radius 3 is 2.92 bits per heavy atom. The minimum atomic E-state index is -0.361. The Hall–Kier alpha value is -2.34. The first-order valence-corrected chi connectivity index (χ1v) is 9.66. The van der Waals surface area contributed by atoms with Crippen LogP contribution in [0.25, 0.3) is 6.08 Å². The highest BCUT2D eigenvalue weighted by Crippen LogP contribution is 2.40. The Morgan fingerprint density at radius 2 is 2.23 bits per heavy atom. The van der Waals surface area contributed by atoms with Gasteiger partial charge in [-0.2, -0.15) is 0 Å². The molecule has 0 saturated carbocycles.